The number of rotatable bonds is 5. The Morgan fingerprint density at radius 3 is 2.68 bits per heavy atom. The second-order valence-corrected chi connectivity index (χ2v) is 5.71. The topological polar surface area (TPSA) is 50.9 Å². The van der Waals surface area contributed by atoms with Crippen LogP contribution in [0.4, 0.5) is 5.82 Å². The third kappa shape index (κ3) is 4.50. The lowest BCUT2D eigenvalue weighted by atomic mass is 9.88. The first-order valence-electron chi connectivity index (χ1n) is 7.73. The van der Waals surface area contributed by atoms with E-state index in [1.165, 1.54) is 44.1 Å². The van der Waals surface area contributed by atoms with Crippen molar-refractivity contribution in [1.29, 1.82) is 0 Å². The van der Waals surface area contributed by atoms with Gasteiger partial charge in [0, 0.05) is 12.2 Å². The van der Waals surface area contributed by atoms with Crippen LogP contribution >= 0.6 is 0 Å². The van der Waals surface area contributed by atoms with Crippen molar-refractivity contribution in [1.82, 2.24) is 10.3 Å². The van der Waals surface area contributed by atoms with E-state index < -0.39 is 0 Å². The van der Waals surface area contributed by atoms with Gasteiger partial charge in [0.2, 0.25) is 0 Å². The molecule has 0 saturated heterocycles. The fourth-order valence-corrected chi connectivity index (χ4v) is 3.26. The molecule has 106 valence electrons. The van der Waals surface area contributed by atoms with Gasteiger partial charge in [-0.15, -0.1) is 0 Å². The highest BCUT2D eigenvalue weighted by Crippen LogP contribution is 2.27. The standard InChI is InChI=1S/C16H27N3/c1-2-18-15(14-7-5-3-4-6-8-14)11-13-9-10-19-16(17)12-13/h9-10,12,14-15,18H,2-8,11H2,1H3,(H2,17,19). The number of likely N-dealkylation sites (N-methyl/N-ethyl adjacent to an activating group) is 1. The molecule has 3 N–H and O–H groups in total. The Hall–Kier alpha value is -1.09. The van der Waals surface area contributed by atoms with Crippen LogP contribution in [0.3, 0.4) is 0 Å². The fourth-order valence-electron chi connectivity index (χ4n) is 3.26. The molecule has 0 radical (unpaired) electrons. The van der Waals surface area contributed by atoms with E-state index in [1.807, 2.05) is 12.3 Å². The Bertz CT molecular complexity index is 370. The number of pyridine rings is 1. The summed E-state index contributed by atoms with van der Waals surface area (Å²) in [5.74, 6) is 1.45. The molecule has 1 fully saturated rings. The minimum Gasteiger partial charge on any atom is -0.384 e. The van der Waals surface area contributed by atoms with Gasteiger partial charge in [-0.1, -0.05) is 32.6 Å². The molecule has 1 heterocycles. The smallest absolute Gasteiger partial charge is 0.123 e. The van der Waals surface area contributed by atoms with Crippen LogP contribution in [-0.2, 0) is 6.42 Å². The largest absolute Gasteiger partial charge is 0.384 e. The summed E-state index contributed by atoms with van der Waals surface area (Å²) in [6, 6.07) is 4.70. The number of hydrogen-bond donors (Lipinski definition) is 2. The molecule has 0 amide bonds. The van der Waals surface area contributed by atoms with Crippen LogP contribution in [0.25, 0.3) is 0 Å². The van der Waals surface area contributed by atoms with Crippen LogP contribution in [0.1, 0.15) is 51.0 Å². The SMILES string of the molecule is CCNC(Cc1ccnc(N)c1)C1CCCCCC1. The van der Waals surface area contributed by atoms with Gasteiger partial charge in [-0.25, -0.2) is 4.98 Å². The van der Waals surface area contributed by atoms with E-state index in [0.717, 1.165) is 18.9 Å². The highest BCUT2D eigenvalue weighted by molar-refractivity contribution is 5.32. The van der Waals surface area contributed by atoms with Crippen molar-refractivity contribution in [2.75, 3.05) is 12.3 Å². The third-order valence-corrected chi connectivity index (χ3v) is 4.24. The Morgan fingerprint density at radius 1 is 1.32 bits per heavy atom. The molecule has 3 heteroatoms. The van der Waals surface area contributed by atoms with Gasteiger partial charge in [-0.3, -0.25) is 0 Å². The van der Waals surface area contributed by atoms with Crippen LogP contribution in [0.2, 0.25) is 0 Å². The van der Waals surface area contributed by atoms with Crippen molar-refractivity contribution in [3.63, 3.8) is 0 Å². The molecule has 1 aromatic heterocycles. The number of nitrogens with zero attached hydrogens (tertiary/aromatic N) is 1. The second kappa shape index (κ2) is 7.49. The van der Waals surface area contributed by atoms with Gasteiger partial charge in [0.1, 0.15) is 5.82 Å². The van der Waals surface area contributed by atoms with Crippen LogP contribution in [-0.4, -0.2) is 17.6 Å². The zero-order valence-corrected chi connectivity index (χ0v) is 12.1. The summed E-state index contributed by atoms with van der Waals surface area (Å²) in [6.07, 6.45) is 11.3. The van der Waals surface area contributed by atoms with Gasteiger partial charge in [0.15, 0.2) is 0 Å². The minimum absolute atomic E-state index is 0.588. The lowest BCUT2D eigenvalue weighted by Gasteiger charge is -2.27. The predicted octanol–water partition coefficient (Wildman–Crippen LogP) is 3.15. The van der Waals surface area contributed by atoms with Crippen LogP contribution in [0.15, 0.2) is 18.3 Å². The molecule has 1 aliphatic carbocycles. The molecule has 1 aliphatic rings. The number of nitrogens with two attached hydrogens (primary N) is 1. The Morgan fingerprint density at radius 2 is 2.05 bits per heavy atom. The molecule has 0 aromatic carbocycles. The monoisotopic (exact) mass is 261 g/mol. The summed E-state index contributed by atoms with van der Waals surface area (Å²) in [6.45, 7) is 3.24. The van der Waals surface area contributed by atoms with Crippen molar-refractivity contribution in [2.24, 2.45) is 5.92 Å². The second-order valence-electron chi connectivity index (χ2n) is 5.71. The number of nitrogens with one attached hydrogen (secondary N) is 1. The van der Waals surface area contributed by atoms with Crippen LogP contribution < -0.4 is 11.1 Å². The number of nitrogen functional groups attached to an aromatic ring is 1. The quantitative estimate of drug-likeness (QED) is 0.801. The van der Waals surface area contributed by atoms with Gasteiger partial charge >= 0.3 is 0 Å². The Labute approximate surface area is 117 Å². The maximum atomic E-state index is 5.78. The van der Waals surface area contributed by atoms with E-state index in [2.05, 4.69) is 23.3 Å². The van der Waals surface area contributed by atoms with Crippen LogP contribution in [0, 0.1) is 5.92 Å². The van der Waals surface area contributed by atoms with Crippen molar-refractivity contribution >= 4 is 5.82 Å². The maximum absolute atomic E-state index is 5.78. The molecule has 0 spiro atoms. The molecule has 3 nitrogen and oxygen atoms in total. The summed E-state index contributed by atoms with van der Waals surface area (Å²) in [7, 11) is 0. The first kappa shape index (κ1) is 14.3. The lowest BCUT2D eigenvalue weighted by molar-refractivity contribution is 0.321. The average Bonchev–Trinajstić information content (AvgIpc) is 2.67. The zero-order chi connectivity index (χ0) is 13.5. The molecule has 2 rings (SSSR count). The van der Waals surface area contributed by atoms with E-state index in [-0.39, 0.29) is 0 Å². The van der Waals surface area contributed by atoms with Crippen molar-refractivity contribution in [2.45, 2.75) is 57.9 Å². The van der Waals surface area contributed by atoms with Gasteiger partial charge in [-0.05, 0) is 49.4 Å². The normalized spacial score (nSPS) is 19.0. The predicted molar refractivity (Wildman–Crippen MR) is 81.0 cm³/mol. The first-order chi connectivity index (χ1) is 9.29. The van der Waals surface area contributed by atoms with E-state index in [1.54, 1.807) is 0 Å². The molecule has 1 saturated carbocycles. The van der Waals surface area contributed by atoms with E-state index in [0.29, 0.717) is 11.9 Å². The van der Waals surface area contributed by atoms with Gasteiger partial charge < -0.3 is 11.1 Å². The van der Waals surface area contributed by atoms with Crippen LogP contribution in [0.5, 0.6) is 0 Å². The maximum Gasteiger partial charge on any atom is 0.123 e. The van der Waals surface area contributed by atoms with Crippen molar-refractivity contribution in [3.05, 3.63) is 23.9 Å². The first-order valence-corrected chi connectivity index (χ1v) is 7.73. The van der Waals surface area contributed by atoms with Crippen molar-refractivity contribution in [3.8, 4) is 0 Å². The third-order valence-electron chi connectivity index (χ3n) is 4.24. The Kier molecular flexibility index (Phi) is 5.64. The van der Waals surface area contributed by atoms with Gasteiger partial charge in [0.05, 0.1) is 0 Å². The summed E-state index contributed by atoms with van der Waals surface area (Å²) < 4.78 is 0. The summed E-state index contributed by atoms with van der Waals surface area (Å²) >= 11 is 0. The van der Waals surface area contributed by atoms with Crippen molar-refractivity contribution < 1.29 is 0 Å². The van der Waals surface area contributed by atoms with E-state index in [4.69, 9.17) is 5.73 Å². The number of hydrogen-bond acceptors (Lipinski definition) is 3. The zero-order valence-electron chi connectivity index (χ0n) is 12.1. The summed E-state index contributed by atoms with van der Waals surface area (Å²) in [5.41, 5.74) is 7.09. The minimum atomic E-state index is 0.588. The number of anilines is 1. The number of aromatic nitrogens is 1. The average molecular weight is 261 g/mol. The summed E-state index contributed by atoms with van der Waals surface area (Å²) in [5, 5.41) is 3.69. The molecule has 0 aliphatic heterocycles. The highest BCUT2D eigenvalue weighted by atomic mass is 14.9. The van der Waals surface area contributed by atoms with E-state index in [9.17, 15) is 0 Å². The Balaban J connectivity index is 2.02. The lowest BCUT2D eigenvalue weighted by Crippen LogP contribution is -2.38. The molecular weight excluding hydrogens is 234 g/mol. The molecular formula is C16H27N3. The highest BCUT2D eigenvalue weighted by Gasteiger charge is 2.22. The van der Waals surface area contributed by atoms with E-state index >= 15 is 0 Å². The van der Waals surface area contributed by atoms with Gasteiger partial charge in [-0.2, -0.15) is 0 Å². The summed E-state index contributed by atoms with van der Waals surface area (Å²) in [4.78, 5) is 4.08. The molecule has 19 heavy (non-hydrogen) atoms. The molecule has 1 unspecified atom stereocenters. The van der Waals surface area contributed by atoms with Gasteiger partial charge in [0.25, 0.3) is 0 Å². The molecule has 0 bridgehead atoms. The molecule has 1 aromatic rings. The fraction of sp³-hybridized carbons (Fsp3) is 0.688. The molecule has 1 atom stereocenters.